The molecule has 1 heterocycles. The Morgan fingerprint density at radius 3 is 1.59 bits per heavy atom. The summed E-state index contributed by atoms with van der Waals surface area (Å²) in [7, 11) is 2.71. The summed E-state index contributed by atoms with van der Waals surface area (Å²) in [5.74, 6) is -0.861. The largest absolute Gasteiger partial charge is 0.465 e. The van der Waals surface area contributed by atoms with Crippen LogP contribution in [0.4, 0.5) is 0 Å². The Labute approximate surface area is 166 Å². The molecule has 2 aromatic carbocycles. The molecule has 0 atom stereocenters. The van der Waals surface area contributed by atoms with Crippen molar-refractivity contribution in [2.24, 2.45) is 0 Å². The number of aryl methyl sites for hydroxylation is 1. The Hall–Kier alpha value is -2.44. The maximum absolute atomic E-state index is 12.5. The van der Waals surface area contributed by atoms with Gasteiger partial charge in [0.2, 0.25) is 0 Å². The molecule has 0 radical (unpaired) electrons. The van der Waals surface area contributed by atoms with Crippen molar-refractivity contribution in [3.05, 3.63) is 81.1 Å². The third-order valence-electron chi connectivity index (χ3n) is 3.91. The highest BCUT2D eigenvalue weighted by Gasteiger charge is 2.32. The van der Waals surface area contributed by atoms with E-state index in [1.807, 2.05) is 61.5 Å². The predicted octanol–water partition coefficient (Wildman–Crippen LogP) is 4.86. The van der Waals surface area contributed by atoms with E-state index in [4.69, 9.17) is 9.47 Å². The third kappa shape index (κ3) is 4.12. The minimum atomic E-state index is -0.431. The van der Waals surface area contributed by atoms with Gasteiger partial charge in [0, 0.05) is 9.81 Å². The number of esters is 2. The number of benzene rings is 2. The number of ether oxygens (including phenoxy) is 2. The summed E-state index contributed by atoms with van der Waals surface area (Å²) in [4.78, 5) is 27.2. The van der Waals surface area contributed by atoms with E-state index in [0.717, 1.165) is 16.7 Å². The number of carbonyl (C=O) groups excluding carboxylic acids is 2. The highest BCUT2D eigenvalue weighted by atomic mass is 32.2. The molecule has 0 aliphatic carbocycles. The Kier molecular flexibility index (Phi) is 6.08. The van der Waals surface area contributed by atoms with Crippen molar-refractivity contribution in [2.75, 3.05) is 14.2 Å². The topological polar surface area (TPSA) is 52.6 Å². The first-order valence-electron chi connectivity index (χ1n) is 8.18. The van der Waals surface area contributed by atoms with Crippen molar-refractivity contribution in [3.8, 4) is 0 Å². The fourth-order valence-corrected chi connectivity index (χ4v) is 5.04. The average Bonchev–Trinajstić information content (AvgIpc) is 2.73. The third-order valence-corrected chi connectivity index (χ3v) is 6.61. The van der Waals surface area contributed by atoms with Crippen LogP contribution in [0.25, 0.3) is 9.81 Å². The summed E-state index contributed by atoms with van der Waals surface area (Å²) in [6, 6.07) is 17.3. The molecule has 0 aromatic heterocycles. The lowest BCUT2D eigenvalue weighted by atomic mass is 10.1. The molecule has 27 heavy (non-hydrogen) atoms. The standard InChI is InChI=1S/C21H18O4S2/c1-13-9-11-15(12-10-13)17-19(21(23)25-3)26-16(14-7-5-4-6-8-14)18(27-17)20(22)24-2/h4-12H,1-3H3. The van der Waals surface area contributed by atoms with E-state index in [9.17, 15) is 9.59 Å². The van der Waals surface area contributed by atoms with Crippen molar-refractivity contribution in [3.63, 3.8) is 0 Å². The van der Waals surface area contributed by atoms with Crippen molar-refractivity contribution in [1.29, 1.82) is 0 Å². The minimum Gasteiger partial charge on any atom is -0.465 e. The van der Waals surface area contributed by atoms with Crippen LogP contribution in [-0.4, -0.2) is 26.2 Å². The predicted molar refractivity (Wildman–Crippen MR) is 111 cm³/mol. The average molecular weight is 399 g/mol. The van der Waals surface area contributed by atoms with E-state index in [0.29, 0.717) is 19.6 Å². The highest BCUT2D eigenvalue weighted by Crippen LogP contribution is 2.53. The van der Waals surface area contributed by atoms with Crippen LogP contribution in [0.1, 0.15) is 16.7 Å². The molecule has 6 heteroatoms. The van der Waals surface area contributed by atoms with Gasteiger partial charge in [-0.3, -0.25) is 0 Å². The van der Waals surface area contributed by atoms with E-state index >= 15 is 0 Å². The molecule has 2 aromatic rings. The maximum Gasteiger partial charge on any atom is 0.345 e. The molecule has 0 unspecified atom stereocenters. The number of rotatable bonds is 4. The molecule has 0 bridgehead atoms. The van der Waals surface area contributed by atoms with Gasteiger partial charge in [0.05, 0.1) is 14.2 Å². The summed E-state index contributed by atoms with van der Waals surface area (Å²) in [6.45, 7) is 2.00. The van der Waals surface area contributed by atoms with Gasteiger partial charge in [-0.05, 0) is 18.1 Å². The van der Waals surface area contributed by atoms with Gasteiger partial charge in [-0.1, -0.05) is 83.7 Å². The maximum atomic E-state index is 12.5. The molecule has 0 amide bonds. The number of hydrogen-bond acceptors (Lipinski definition) is 6. The monoisotopic (exact) mass is 398 g/mol. The van der Waals surface area contributed by atoms with Crippen molar-refractivity contribution < 1.29 is 19.1 Å². The van der Waals surface area contributed by atoms with Crippen LogP contribution in [0.3, 0.4) is 0 Å². The second-order valence-corrected chi connectivity index (χ2v) is 7.78. The SMILES string of the molecule is COC(=O)C1=C(c2ccccc2)SC(C(=O)OC)=C(c2ccc(C)cc2)S1. The van der Waals surface area contributed by atoms with Gasteiger partial charge in [-0.15, -0.1) is 0 Å². The van der Waals surface area contributed by atoms with E-state index in [1.54, 1.807) is 0 Å². The number of hydrogen-bond donors (Lipinski definition) is 0. The number of methoxy groups -OCH3 is 2. The van der Waals surface area contributed by atoms with Crippen molar-refractivity contribution in [2.45, 2.75) is 6.92 Å². The zero-order valence-corrected chi connectivity index (χ0v) is 16.8. The smallest absolute Gasteiger partial charge is 0.345 e. The van der Waals surface area contributed by atoms with Crippen molar-refractivity contribution >= 4 is 45.3 Å². The summed E-state index contributed by atoms with van der Waals surface area (Å²) in [5.41, 5.74) is 2.81. The van der Waals surface area contributed by atoms with Gasteiger partial charge >= 0.3 is 11.9 Å². The fraction of sp³-hybridized carbons (Fsp3) is 0.143. The van der Waals surface area contributed by atoms with E-state index < -0.39 is 11.9 Å². The second kappa shape index (κ2) is 8.50. The molecule has 138 valence electrons. The van der Waals surface area contributed by atoms with Gasteiger partial charge in [0.15, 0.2) is 0 Å². The molecule has 1 aliphatic rings. The van der Waals surface area contributed by atoms with Crippen LogP contribution < -0.4 is 0 Å². The van der Waals surface area contributed by atoms with Crippen LogP contribution in [-0.2, 0) is 19.1 Å². The Bertz CT molecular complexity index is 928. The first kappa shape index (κ1) is 19.3. The van der Waals surface area contributed by atoms with Crippen LogP contribution in [0, 0.1) is 6.92 Å². The summed E-state index contributed by atoms with van der Waals surface area (Å²) >= 11 is 2.48. The summed E-state index contributed by atoms with van der Waals surface area (Å²) < 4.78 is 10.00. The van der Waals surface area contributed by atoms with Crippen molar-refractivity contribution in [1.82, 2.24) is 0 Å². The van der Waals surface area contributed by atoms with E-state index in [1.165, 1.54) is 37.7 Å². The second-order valence-electron chi connectivity index (χ2n) is 5.74. The van der Waals surface area contributed by atoms with Crippen LogP contribution >= 0.6 is 23.5 Å². The summed E-state index contributed by atoms with van der Waals surface area (Å²) in [6.07, 6.45) is 0. The lowest BCUT2D eigenvalue weighted by Gasteiger charge is -2.23. The lowest BCUT2D eigenvalue weighted by molar-refractivity contribution is -0.136. The fourth-order valence-electron chi connectivity index (χ4n) is 2.52. The van der Waals surface area contributed by atoms with Crippen LogP contribution in [0.2, 0.25) is 0 Å². The number of thioether (sulfide) groups is 2. The quantitative estimate of drug-likeness (QED) is 0.686. The Morgan fingerprint density at radius 1 is 0.704 bits per heavy atom. The molecular weight excluding hydrogens is 380 g/mol. The van der Waals surface area contributed by atoms with E-state index in [-0.39, 0.29) is 0 Å². The van der Waals surface area contributed by atoms with Gasteiger partial charge < -0.3 is 9.47 Å². The molecule has 0 saturated carbocycles. The zero-order chi connectivity index (χ0) is 19.4. The molecule has 0 saturated heterocycles. The molecular formula is C21H18O4S2. The normalized spacial score (nSPS) is 14.2. The molecule has 0 spiro atoms. The van der Waals surface area contributed by atoms with Crippen LogP contribution in [0.15, 0.2) is 64.4 Å². The summed E-state index contributed by atoms with van der Waals surface area (Å²) in [5, 5.41) is 0. The minimum absolute atomic E-state index is 0.430. The molecule has 4 nitrogen and oxygen atoms in total. The first-order valence-corrected chi connectivity index (χ1v) is 9.81. The molecule has 3 rings (SSSR count). The van der Waals surface area contributed by atoms with Gasteiger partial charge in [-0.2, -0.15) is 0 Å². The molecule has 0 N–H and O–H groups in total. The highest BCUT2D eigenvalue weighted by molar-refractivity contribution is 8.20. The number of carbonyl (C=O) groups is 2. The Balaban J connectivity index is 2.15. The van der Waals surface area contributed by atoms with Gasteiger partial charge in [-0.25, -0.2) is 9.59 Å². The Morgan fingerprint density at radius 2 is 1.15 bits per heavy atom. The molecule has 0 fully saturated rings. The first-order chi connectivity index (χ1) is 13.0. The zero-order valence-electron chi connectivity index (χ0n) is 15.1. The van der Waals surface area contributed by atoms with E-state index in [2.05, 4.69) is 0 Å². The van der Waals surface area contributed by atoms with Gasteiger partial charge in [0.1, 0.15) is 9.81 Å². The lowest BCUT2D eigenvalue weighted by Crippen LogP contribution is -2.12. The van der Waals surface area contributed by atoms with Gasteiger partial charge in [0.25, 0.3) is 0 Å². The molecule has 1 aliphatic heterocycles. The van der Waals surface area contributed by atoms with Crippen LogP contribution in [0.5, 0.6) is 0 Å².